The van der Waals surface area contributed by atoms with Crippen LogP contribution in [0.5, 0.6) is 0 Å². The summed E-state index contributed by atoms with van der Waals surface area (Å²) in [4.78, 5) is 10.9. The van der Waals surface area contributed by atoms with E-state index >= 15 is 0 Å². The van der Waals surface area contributed by atoms with Crippen molar-refractivity contribution in [2.24, 2.45) is 5.92 Å². The van der Waals surface area contributed by atoms with Gasteiger partial charge >= 0.3 is 11.8 Å². The molecule has 0 aromatic rings. The fourth-order valence-corrected chi connectivity index (χ4v) is 1.04. The zero-order chi connectivity index (χ0) is 9.57. The van der Waals surface area contributed by atoms with Crippen molar-refractivity contribution in [2.45, 2.75) is 25.4 Å². The minimum absolute atomic E-state index is 0.374. The molecule has 1 aliphatic rings. The van der Waals surface area contributed by atoms with Gasteiger partial charge in [-0.25, -0.2) is 4.79 Å². The molecule has 1 heterocycles. The molecule has 0 spiro atoms. The predicted octanol–water partition coefficient (Wildman–Crippen LogP) is -0.777. The summed E-state index contributed by atoms with van der Waals surface area (Å²) >= 11 is 0. The molecule has 0 aliphatic carbocycles. The lowest BCUT2D eigenvalue weighted by Gasteiger charge is -2.11. The van der Waals surface area contributed by atoms with Crippen molar-refractivity contribution >= 4 is 5.97 Å². The molecule has 12 heavy (non-hydrogen) atoms. The lowest BCUT2D eigenvalue weighted by Crippen LogP contribution is -2.38. The summed E-state index contributed by atoms with van der Waals surface area (Å²) in [5.41, 5.74) is 0. The molecule has 5 heteroatoms. The van der Waals surface area contributed by atoms with Crippen LogP contribution in [0.1, 0.15) is 13.8 Å². The quantitative estimate of drug-likeness (QED) is 0.426. The van der Waals surface area contributed by atoms with Gasteiger partial charge in [0.2, 0.25) is 5.79 Å². The molecule has 1 saturated heterocycles. The first-order valence-electron chi connectivity index (χ1n) is 3.62. The normalized spacial score (nSPS) is 39.8. The first kappa shape index (κ1) is 9.44. The Balaban J connectivity index is 2.76. The van der Waals surface area contributed by atoms with Crippen LogP contribution in [0.15, 0.2) is 0 Å². The topological polar surface area (TPSA) is 79.3 Å². The molecule has 1 aliphatic heterocycles. The zero-order valence-electron chi connectivity index (χ0n) is 7.20. The molecule has 0 radical (unpaired) electrons. The lowest BCUT2D eigenvalue weighted by atomic mass is 10.0. The Hall–Kier alpha value is -0.650. The molecule has 1 rings (SSSR count). The summed E-state index contributed by atoms with van der Waals surface area (Å²) in [6, 6.07) is 0. The van der Waals surface area contributed by atoms with Gasteiger partial charge < -0.3 is 14.9 Å². The second kappa shape index (κ2) is 2.42. The minimum Gasteiger partial charge on any atom is -0.465 e. The number of carbonyl (C=O) groups excluding carboxylic acids is 1. The highest BCUT2D eigenvalue weighted by Crippen LogP contribution is 2.49. The van der Waals surface area contributed by atoms with E-state index in [1.54, 1.807) is 13.8 Å². The average molecular weight is 176 g/mol. The highest BCUT2D eigenvalue weighted by atomic mass is 16.9. The Morgan fingerprint density at radius 1 is 1.50 bits per heavy atom. The first-order chi connectivity index (χ1) is 5.38. The second-order valence-corrected chi connectivity index (χ2v) is 3.09. The van der Waals surface area contributed by atoms with Crippen molar-refractivity contribution in [2.75, 3.05) is 7.11 Å². The van der Waals surface area contributed by atoms with Gasteiger partial charge in [0.25, 0.3) is 0 Å². The number of ether oxygens (including phenoxy) is 2. The Labute approximate surface area is 69.9 Å². The molecule has 0 aromatic heterocycles. The monoisotopic (exact) mass is 176 g/mol. The Morgan fingerprint density at radius 2 is 2.00 bits per heavy atom. The number of esters is 1. The lowest BCUT2D eigenvalue weighted by molar-refractivity contribution is -0.163. The molecule has 0 aromatic carbocycles. The van der Waals surface area contributed by atoms with Gasteiger partial charge in [0.05, 0.1) is 7.11 Å². The minimum atomic E-state index is -2.17. The number of carbonyl (C=O) groups is 1. The Kier molecular flexibility index (Phi) is 1.90. The molecule has 0 bridgehead atoms. The molecule has 0 saturated carbocycles. The summed E-state index contributed by atoms with van der Waals surface area (Å²) < 4.78 is 8.79. The van der Waals surface area contributed by atoms with Gasteiger partial charge in [-0.2, -0.15) is 0 Å². The molecular formula is C7H12O5. The summed E-state index contributed by atoms with van der Waals surface area (Å²) in [5, 5.41) is 18.8. The summed E-state index contributed by atoms with van der Waals surface area (Å²) in [5.74, 6) is -5.31. The second-order valence-electron chi connectivity index (χ2n) is 3.09. The van der Waals surface area contributed by atoms with Crippen LogP contribution >= 0.6 is 0 Å². The summed E-state index contributed by atoms with van der Waals surface area (Å²) in [7, 11) is 1.11. The highest BCUT2D eigenvalue weighted by molar-refractivity contribution is 5.81. The third kappa shape index (κ3) is 0.939. The van der Waals surface area contributed by atoms with Crippen LogP contribution in [0.4, 0.5) is 0 Å². The van der Waals surface area contributed by atoms with Crippen molar-refractivity contribution in [1.82, 2.24) is 0 Å². The van der Waals surface area contributed by atoms with Crippen molar-refractivity contribution in [1.29, 1.82) is 0 Å². The Bertz CT molecular complexity index is 214. The van der Waals surface area contributed by atoms with E-state index < -0.39 is 17.5 Å². The predicted molar refractivity (Wildman–Crippen MR) is 37.8 cm³/mol. The van der Waals surface area contributed by atoms with E-state index in [0.29, 0.717) is 0 Å². The number of methoxy groups -OCH3 is 1. The van der Waals surface area contributed by atoms with Gasteiger partial charge in [0, 0.05) is 5.92 Å². The van der Waals surface area contributed by atoms with Crippen LogP contribution in [-0.2, 0) is 14.3 Å². The van der Waals surface area contributed by atoms with Crippen molar-refractivity contribution in [3.05, 3.63) is 0 Å². The molecule has 2 N–H and O–H groups in total. The number of hydrogen-bond donors (Lipinski definition) is 2. The summed E-state index contributed by atoms with van der Waals surface area (Å²) in [6.07, 6.45) is 0. The maximum atomic E-state index is 10.9. The first-order valence-corrected chi connectivity index (χ1v) is 3.62. The largest absolute Gasteiger partial charge is 0.465 e. The van der Waals surface area contributed by atoms with Crippen LogP contribution in [0.2, 0.25) is 0 Å². The van der Waals surface area contributed by atoms with E-state index in [2.05, 4.69) is 9.47 Å². The zero-order valence-corrected chi connectivity index (χ0v) is 7.20. The van der Waals surface area contributed by atoms with Gasteiger partial charge in [-0.1, -0.05) is 13.8 Å². The molecule has 1 fully saturated rings. The third-order valence-electron chi connectivity index (χ3n) is 1.99. The fraction of sp³-hybridized carbons (Fsp3) is 0.857. The molecule has 2 unspecified atom stereocenters. The van der Waals surface area contributed by atoms with Crippen molar-refractivity contribution in [3.8, 4) is 0 Å². The molecule has 70 valence electrons. The number of epoxide rings is 1. The van der Waals surface area contributed by atoms with Crippen LogP contribution in [-0.4, -0.2) is 34.9 Å². The van der Waals surface area contributed by atoms with Gasteiger partial charge in [0.15, 0.2) is 0 Å². The molecule has 2 atom stereocenters. The third-order valence-corrected chi connectivity index (χ3v) is 1.99. The maximum Gasteiger partial charge on any atom is 0.372 e. The smallest absolute Gasteiger partial charge is 0.372 e. The average Bonchev–Trinajstić information content (AvgIpc) is 2.56. The molecular weight excluding hydrogens is 164 g/mol. The van der Waals surface area contributed by atoms with E-state index in [-0.39, 0.29) is 5.92 Å². The SMILES string of the molecule is COC(=O)C1(O)OC1(O)C(C)C. The molecule has 5 nitrogen and oxygen atoms in total. The Morgan fingerprint density at radius 3 is 2.25 bits per heavy atom. The van der Waals surface area contributed by atoms with Gasteiger partial charge in [-0.05, 0) is 0 Å². The van der Waals surface area contributed by atoms with E-state index in [1.807, 2.05) is 0 Å². The maximum absolute atomic E-state index is 10.9. The van der Waals surface area contributed by atoms with Crippen molar-refractivity contribution < 1.29 is 24.5 Å². The number of aliphatic hydroxyl groups is 2. The van der Waals surface area contributed by atoms with Gasteiger partial charge in [-0.3, -0.25) is 4.74 Å². The fourth-order valence-electron chi connectivity index (χ4n) is 1.04. The summed E-state index contributed by atoms with van der Waals surface area (Å²) in [6.45, 7) is 3.25. The number of hydrogen-bond acceptors (Lipinski definition) is 5. The van der Waals surface area contributed by atoms with Crippen LogP contribution in [0, 0.1) is 5.92 Å². The van der Waals surface area contributed by atoms with Crippen LogP contribution < -0.4 is 0 Å². The highest BCUT2D eigenvalue weighted by Gasteiger charge is 2.77. The van der Waals surface area contributed by atoms with Gasteiger partial charge in [0.1, 0.15) is 0 Å². The number of rotatable bonds is 2. The standard InChI is InChI=1S/C7H12O5/c1-4(2)6(9)7(10,12-6)5(8)11-3/h4,9-10H,1-3H3. The van der Waals surface area contributed by atoms with E-state index in [1.165, 1.54) is 0 Å². The van der Waals surface area contributed by atoms with E-state index in [4.69, 9.17) is 0 Å². The van der Waals surface area contributed by atoms with Gasteiger partial charge in [-0.15, -0.1) is 0 Å². The molecule has 0 amide bonds. The van der Waals surface area contributed by atoms with Crippen LogP contribution in [0.25, 0.3) is 0 Å². The van der Waals surface area contributed by atoms with E-state index in [9.17, 15) is 15.0 Å². The van der Waals surface area contributed by atoms with E-state index in [0.717, 1.165) is 7.11 Å². The van der Waals surface area contributed by atoms with Crippen LogP contribution in [0.3, 0.4) is 0 Å². The van der Waals surface area contributed by atoms with Crippen molar-refractivity contribution in [3.63, 3.8) is 0 Å².